The largest absolute Gasteiger partial charge is 0.381 e. The molecule has 1 fully saturated rings. The maximum absolute atomic E-state index is 5.76. The molecule has 0 N–H and O–H groups in total. The fraction of sp³-hybridized carbons (Fsp3) is 0.625. The fourth-order valence-electron chi connectivity index (χ4n) is 3.13. The Balaban J connectivity index is 2.31. The Morgan fingerprint density at radius 2 is 2.00 bits per heavy atom. The van der Waals surface area contributed by atoms with Crippen LogP contribution in [0.25, 0.3) is 0 Å². The second kappa shape index (κ2) is 5.85. The van der Waals surface area contributed by atoms with Gasteiger partial charge in [-0.1, -0.05) is 29.8 Å². The maximum atomic E-state index is 5.76. The number of rotatable bonds is 5. The number of ether oxygens (including phenoxy) is 2. The molecule has 0 bridgehead atoms. The van der Waals surface area contributed by atoms with E-state index in [1.165, 1.54) is 17.5 Å². The summed E-state index contributed by atoms with van der Waals surface area (Å²) in [6.07, 6.45) is 3.80. The molecule has 0 aliphatic heterocycles. The first-order valence-electron chi connectivity index (χ1n) is 6.90. The first kappa shape index (κ1) is 13.6. The Kier molecular flexibility index (Phi) is 4.41. The van der Waals surface area contributed by atoms with Crippen molar-refractivity contribution in [2.75, 3.05) is 20.3 Å². The Morgan fingerprint density at radius 3 is 2.61 bits per heavy atom. The van der Waals surface area contributed by atoms with E-state index in [9.17, 15) is 0 Å². The lowest BCUT2D eigenvalue weighted by atomic mass is 9.77. The predicted molar refractivity (Wildman–Crippen MR) is 74.0 cm³/mol. The van der Waals surface area contributed by atoms with Crippen molar-refractivity contribution in [3.8, 4) is 0 Å². The van der Waals surface area contributed by atoms with Crippen LogP contribution in [0.5, 0.6) is 0 Å². The van der Waals surface area contributed by atoms with Crippen molar-refractivity contribution >= 4 is 0 Å². The van der Waals surface area contributed by atoms with Gasteiger partial charge >= 0.3 is 0 Å². The Labute approximate surface area is 110 Å². The van der Waals surface area contributed by atoms with Gasteiger partial charge in [0.05, 0.1) is 12.7 Å². The van der Waals surface area contributed by atoms with Crippen LogP contribution in [0.1, 0.15) is 37.3 Å². The fourth-order valence-corrected chi connectivity index (χ4v) is 3.13. The second-order valence-electron chi connectivity index (χ2n) is 5.28. The van der Waals surface area contributed by atoms with Crippen LogP contribution in [0.4, 0.5) is 0 Å². The van der Waals surface area contributed by atoms with Crippen molar-refractivity contribution in [3.05, 3.63) is 35.4 Å². The van der Waals surface area contributed by atoms with Gasteiger partial charge in [0, 0.05) is 19.1 Å². The monoisotopic (exact) mass is 248 g/mol. The van der Waals surface area contributed by atoms with Crippen molar-refractivity contribution in [1.82, 2.24) is 0 Å². The maximum Gasteiger partial charge on any atom is 0.0690 e. The smallest absolute Gasteiger partial charge is 0.0690 e. The van der Waals surface area contributed by atoms with Gasteiger partial charge in [0.2, 0.25) is 0 Å². The van der Waals surface area contributed by atoms with Crippen molar-refractivity contribution < 1.29 is 9.47 Å². The SMILES string of the molecule is CCOCC1(c2ccc(C)cc2)CCCC1OC. The van der Waals surface area contributed by atoms with E-state index in [2.05, 4.69) is 38.1 Å². The Morgan fingerprint density at radius 1 is 1.28 bits per heavy atom. The molecule has 1 aliphatic carbocycles. The van der Waals surface area contributed by atoms with E-state index >= 15 is 0 Å². The Hall–Kier alpha value is -0.860. The van der Waals surface area contributed by atoms with Crippen LogP contribution in [0, 0.1) is 6.92 Å². The molecule has 2 unspecified atom stereocenters. The van der Waals surface area contributed by atoms with Crippen molar-refractivity contribution in [2.24, 2.45) is 0 Å². The minimum absolute atomic E-state index is 0.0540. The first-order chi connectivity index (χ1) is 8.73. The van der Waals surface area contributed by atoms with Crippen LogP contribution in [0.2, 0.25) is 0 Å². The van der Waals surface area contributed by atoms with Gasteiger partial charge in [-0.3, -0.25) is 0 Å². The van der Waals surface area contributed by atoms with Gasteiger partial charge < -0.3 is 9.47 Å². The van der Waals surface area contributed by atoms with E-state index < -0.39 is 0 Å². The van der Waals surface area contributed by atoms with Gasteiger partial charge in [0.15, 0.2) is 0 Å². The highest BCUT2D eigenvalue weighted by atomic mass is 16.5. The number of hydrogen-bond donors (Lipinski definition) is 0. The standard InChI is InChI=1S/C16H24O2/c1-4-18-12-16(11-5-6-15(16)17-3)14-9-7-13(2)8-10-14/h7-10,15H,4-6,11-12H2,1-3H3. The summed E-state index contributed by atoms with van der Waals surface area (Å²) in [7, 11) is 1.82. The van der Waals surface area contributed by atoms with Crippen LogP contribution in [-0.2, 0) is 14.9 Å². The highest BCUT2D eigenvalue weighted by Crippen LogP contribution is 2.43. The molecule has 0 saturated heterocycles. The van der Waals surface area contributed by atoms with E-state index in [1.54, 1.807) is 0 Å². The summed E-state index contributed by atoms with van der Waals surface area (Å²) in [5.41, 5.74) is 2.72. The lowest BCUT2D eigenvalue weighted by Gasteiger charge is -2.35. The predicted octanol–water partition coefficient (Wildman–Crippen LogP) is 3.47. The highest BCUT2D eigenvalue weighted by Gasteiger charge is 2.44. The summed E-state index contributed by atoms with van der Waals surface area (Å²) in [6.45, 7) is 5.72. The third kappa shape index (κ3) is 2.45. The number of benzene rings is 1. The summed E-state index contributed by atoms with van der Waals surface area (Å²) < 4.78 is 11.5. The molecule has 1 aromatic carbocycles. The van der Waals surface area contributed by atoms with Gasteiger partial charge in [-0.05, 0) is 38.7 Å². The molecule has 100 valence electrons. The topological polar surface area (TPSA) is 18.5 Å². The lowest BCUT2D eigenvalue weighted by molar-refractivity contribution is -0.000758. The molecule has 0 spiro atoms. The van der Waals surface area contributed by atoms with Crippen molar-refractivity contribution in [1.29, 1.82) is 0 Å². The summed E-state index contributed by atoms with van der Waals surface area (Å²) in [5.74, 6) is 0. The minimum atomic E-state index is 0.0540. The molecule has 18 heavy (non-hydrogen) atoms. The van der Waals surface area contributed by atoms with Gasteiger partial charge in [0.1, 0.15) is 0 Å². The molecule has 0 heterocycles. The molecule has 2 rings (SSSR count). The average molecular weight is 248 g/mol. The van der Waals surface area contributed by atoms with E-state index in [1.807, 2.05) is 7.11 Å². The van der Waals surface area contributed by atoms with Gasteiger partial charge in [-0.25, -0.2) is 0 Å². The van der Waals surface area contributed by atoms with Crippen LogP contribution in [0.3, 0.4) is 0 Å². The molecule has 0 amide bonds. The Bertz CT molecular complexity index is 371. The molecule has 2 nitrogen and oxygen atoms in total. The molecular weight excluding hydrogens is 224 g/mol. The van der Waals surface area contributed by atoms with Crippen LogP contribution >= 0.6 is 0 Å². The zero-order valence-corrected chi connectivity index (χ0v) is 11.7. The molecule has 2 heteroatoms. The third-order valence-electron chi connectivity index (χ3n) is 4.18. The third-order valence-corrected chi connectivity index (χ3v) is 4.18. The van der Waals surface area contributed by atoms with E-state index in [0.29, 0.717) is 0 Å². The summed E-state index contributed by atoms with van der Waals surface area (Å²) in [6, 6.07) is 8.86. The van der Waals surface area contributed by atoms with Crippen molar-refractivity contribution in [3.63, 3.8) is 0 Å². The zero-order valence-electron chi connectivity index (χ0n) is 11.7. The van der Waals surface area contributed by atoms with E-state index in [0.717, 1.165) is 26.1 Å². The molecule has 1 aliphatic rings. The zero-order chi connectivity index (χ0) is 13.0. The number of methoxy groups -OCH3 is 1. The summed E-state index contributed by atoms with van der Waals surface area (Å²) >= 11 is 0. The molecule has 1 saturated carbocycles. The number of aryl methyl sites for hydroxylation is 1. The van der Waals surface area contributed by atoms with E-state index in [4.69, 9.17) is 9.47 Å². The molecule has 0 radical (unpaired) electrons. The van der Waals surface area contributed by atoms with Crippen LogP contribution < -0.4 is 0 Å². The minimum Gasteiger partial charge on any atom is -0.381 e. The van der Waals surface area contributed by atoms with Gasteiger partial charge in [0.25, 0.3) is 0 Å². The van der Waals surface area contributed by atoms with Gasteiger partial charge in [-0.2, -0.15) is 0 Å². The molecule has 2 atom stereocenters. The molecular formula is C16H24O2. The number of hydrogen-bond acceptors (Lipinski definition) is 2. The lowest BCUT2D eigenvalue weighted by Crippen LogP contribution is -2.40. The highest BCUT2D eigenvalue weighted by molar-refractivity contribution is 5.31. The first-order valence-corrected chi connectivity index (χ1v) is 6.90. The summed E-state index contributed by atoms with van der Waals surface area (Å²) in [5, 5.41) is 0. The summed E-state index contributed by atoms with van der Waals surface area (Å²) in [4.78, 5) is 0. The van der Waals surface area contributed by atoms with Crippen molar-refractivity contribution in [2.45, 2.75) is 44.6 Å². The average Bonchev–Trinajstić information content (AvgIpc) is 2.81. The van der Waals surface area contributed by atoms with E-state index in [-0.39, 0.29) is 11.5 Å². The van der Waals surface area contributed by atoms with Crippen LogP contribution in [-0.4, -0.2) is 26.4 Å². The molecule has 1 aromatic rings. The second-order valence-corrected chi connectivity index (χ2v) is 5.28. The van der Waals surface area contributed by atoms with Gasteiger partial charge in [-0.15, -0.1) is 0 Å². The normalized spacial score (nSPS) is 27.6. The molecule has 0 aromatic heterocycles. The van der Waals surface area contributed by atoms with Crippen LogP contribution in [0.15, 0.2) is 24.3 Å². The quantitative estimate of drug-likeness (QED) is 0.794.